The largest absolute Gasteiger partial charge is 0.481 e. The van der Waals surface area contributed by atoms with Gasteiger partial charge in [-0.25, -0.2) is 0 Å². The standard InChI is InChI=1S/C16H20N2O3/c1-11(2)16(3,15(20)21)8-14(19)18-10-13-6-4-12(9-17)5-7-13/h4-7,11H,8,10H2,1-3H3,(H,18,19)(H,20,21). The minimum absolute atomic E-state index is 0.0592. The van der Waals surface area contributed by atoms with Gasteiger partial charge in [0.1, 0.15) is 0 Å². The van der Waals surface area contributed by atoms with Gasteiger partial charge in [-0.15, -0.1) is 0 Å². The normalized spacial score (nSPS) is 13.3. The summed E-state index contributed by atoms with van der Waals surface area (Å²) in [4.78, 5) is 23.3. The van der Waals surface area contributed by atoms with E-state index in [1.54, 1.807) is 45.0 Å². The molecule has 0 bridgehead atoms. The molecule has 2 N–H and O–H groups in total. The van der Waals surface area contributed by atoms with E-state index in [9.17, 15) is 14.7 Å². The Kier molecular flexibility index (Phi) is 5.48. The fraction of sp³-hybridized carbons (Fsp3) is 0.438. The predicted molar refractivity (Wildman–Crippen MR) is 78.2 cm³/mol. The third-order valence-electron chi connectivity index (χ3n) is 3.86. The van der Waals surface area contributed by atoms with Gasteiger partial charge in [-0.05, 0) is 30.5 Å². The SMILES string of the molecule is CC(C)C(C)(CC(=O)NCc1ccc(C#N)cc1)C(=O)O. The smallest absolute Gasteiger partial charge is 0.310 e. The number of carbonyl (C=O) groups excluding carboxylic acids is 1. The number of rotatable bonds is 6. The van der Waals surface area contributed by atoms with Crippen LogP contribution < -0.4 is 5.32 Å². The van der Waals surface area contributed by atoms with Crippen molar-refractivity contribution in [2.75, 3.05) is 0 Å². The van der Waals surface area contributed by atoms with Crippen molar-refractivity contribution in [1.29, 1.82) is 5.26 Å². The molecule has 1 rings (SSSR count). The fourth-order valence-corrected chi connectivity index (χ4v) is 1.82. The van der Waals surface area contributed by atoms with Gasteiger partial charge in [-0.2, -0.15) is 5.26 Å². The second-order valence-corrected chi connectivity index (χ2v) is 5.64. The van der Waals surface area contributed by atoms with Crippen LogP contribution in [0.5, 0.6) is 0 Å². The number of nitrogens with zero attached hydrogens (tertiary/aromatic N) is 1. The minimum Gasteiger partial charge on any atom is -0.481 e. The number of nitrogens with one attached hydrogen (secondary N) is 1. The van der Waals surface area contributed by atoms with Gasteiger partial charge in [0.05, 0.1) is 17.0 Å². The van der Waals surface area contributed by atoms with Crippen molar-refractivity contribution in [2.24, 2.45) is 11.3 Å². The van der Waals surface area contributed by atoms with Crippen LogP contribution in [0, 0.1) is 22.7 Å². The molecule has 112 valence electrons. The number of amides is 1. The molecule has 0 aromatic heterocycles. The zero-order valence-corrected chi connectivity index (χ0v) is 12.5. The summed E-state index contributed by atoms with van der Waals surface area (Å²) in [6, 6.07) is 8.90. The molecule has 5 nitrogen and oxygen atoms in total. The third-order valence-corrected chi connectivity index (χ3v) is 3.86. The summed E-state index contributed by atoms with van der Waals surface area (Å²) in [5.74, 6) is -1.40. The van der Waals surface area contributed by atoms with Gasteiger partial charge >= 0.3 is 5.97 Å². The molecule has 5 heteroatoms. The quantitative estimate of drug-likeness (QED) is 0.840. The number of aliphatic carboxylic acids is 1. The summed E-state index contributed by atoms with van der Waals surface area (Å²) in [5, 5.41) is 20.7. The van der Waals surface area contributed by atoms with Crippen LogP contribution in [0.3, 0.4) is 0 Å². The highest BCUT2D eigenvalue weighted by Gasteiger charge is 2.38. The molecule has 0 aliphatic rings. The Balaban J connectivity index is 2.61. The molecule has 1 amide bonds. The van der Waals surface area contributed by atoms with E-state index in [1.807, 2.05) is 6.07 Å². The lowest BCUT2D eigenvalue weighted by Gasteiger charge is -2.28. The van der Waals surface area contributed by atoms with Crippen molar-refractivity contribution >= 4 is 11.9 Å². The van der Waals surface area contributed by atoms with E-state index in [4.69, 9.17) is 5.26 Å². The van der Waals surface area contributed by atoms with Gasteiger partial charge in [0, 0.05) is 13.0 Å². The number of carboxylic acid groups (broad SMARTS) is 1. The molecule has 0 spiro atoms. The van der Waals surface area contributed by atoms with Gasteiger partial charge < -0.3 is 10.4 Å². The molecule has 0 saturated carbocycles. The Hall–Kier alpha value is -2.35. The minimum atomic E-state index is -1.07. The second-order valence-electron chi connectivity index (χ2n) is 5.64. The first kappa shape index (κ1) is 16.7. The Labute approximate surface area is 124 Å². The number of hydrogen-bond donors (Lipinski definition) is 2. The Morgan fingerprint density at radius 2 is 1.90 bits per heavy atom. The van der Waals surface area contributed by atoms with E-state index in [2.05, 4.69) is 5.32 Å². The van der Waals surface area contributed by atoms with Crippen LogP contribution in [0.25, 0.3) is 0 Å². The van der Waals surface area contributed by atoms with Crippen molar-refractivity contribution in [2.45, 2.75) is 33.7 Å². The predicted octanol–water partition coefficient (Wildman–Crippen LogP) is 2.31. The number of carboxylic acids is 1. The molecule has 1 atom stereocenters. The molecule has 0 fully saturated rings. The summed E-state index contributed by atoms with van der Waals surface area (Å²) in [5.41, 5.74) is 0.349. The van der Waals surface area contributed by atoms with Gasteiger partial charge in [-0.1, -0.05) is 26.0 Å². The average molecular weight is 288 g/mol. The second kappa shape index (κ2) is 6.89. The Bertz CT molecular complexity index is 558. The van der Waals surface area contributed by atoms with E-state index in [0.29, 0.717) is 12.1 Å². The average Bonchev–Trinajstić information content (AvgIpc) is 2.45. The highest BCUT2D eigenvalue weighted by atomic mass is 16.4. The molecule has 1 aromatic carbocycles. The van der Waals surface area contributed by atoms with Crippen LogP contribution in [-0.2, 0) is 16.1 Å². The maximum Gasteiger partial charge on any atom is 0.310 e. The van der Waals surface area contributed by atoms with Crippen molar-refractivity contribution in [1.82, 2.24) is 5.32 Å². The summed E-state index contributed by atoms with van der Waals surface area (Å²) in [6.07, 6.45) is -0.0592. The molecular formula is C16H20N2O3. The van der Waals surface area contributed by atoms with E-state index >= 15 is 0 Å². The highest BCUT2D eigenvalue weighted by Crippen LogP contribution is 2.31. The third kappa shape index (κ3) is 4.32. The summed E-state index contributed by atoms with van der Waals surface area (Å²) in [7, 11) is 0. The fourth-order valence-electron chi connectivity index (χ4n) is 1.82. The van der Waals surface area contributed by atoms with Gasteiger partial charge in [0.25, 0.3) is 0 Å². The first-order valence-corrected chi connectivity index (χ1v) is 6.78. The summed E-state index contributed by atoms with van der Waals surface area (Å²) in [6.45, 7) is 5.49. The van der Waals surface area contributed by atoms with Crippen LogP contribution >= 0.6 is 0 Å². The summed E-state index contributed by atoms with van der Waals surface area (Å²) < 4.78 is 0. The van der Waals surface area contributed by atoms with Crippen LogP contribution in [0.1, 0.15) is 38.3 Å². The van der Waals surface area contributed by atoms with Crippen LogP contribution in [-0.4, -0.2) is 17.0 Å². The lowest BCUT2D eigenvalue weighted by atomic mass is 9.76. The van der Waals surface area contributed by atoms with Crippen LogP contribution in [0.2, 0.25) is 0 Å². The maximum absolute atomic E-state index is 11.9. The number of nitriles is 1. The molecule has 0 aliphatic carbocycles. The topological polar surface area (TPSA) is 90.2 Å². The van der Waals surface area contributed by atoms with Crippen molar-refractivity contribution in [3.05, 3.63) is 35.4 Å². The molecule has 1 unspecified atom stereocenters. The first-order chi connectivity index (χ1) is 9.79. The molecule has 0 radical (unpaired) electrons. The van der Waals surface area contributed by atoms with E-state index in [-0.39, 0.29) is 18.2 Å². The zero-order chi connectivity index (χ0) is 16.0. The maximum atomic E-state index is 11.9. The molecule has 1 aromatic rings. The zero-order valence-electron chi connectivity index (χ0n) is 12.5. The van der Waals surface area contributed by atoms with Gasteiger partial charge in [0.15, 0.2) is 0 Å². The molecule has 0 aliphatic heterocycles. The number of hydrogen-bond acceptors (Lipinski definition) is 3. The Morgan fingerprint density at radius 3 is 2.33 bits per heavy atom. The summed E-state index contributed by atoms with van der Waals surface area (Å²) >= 11 is 0. The van der Waals surface area contributed by atoms with Crippen LogP contribution in [0.15, 0.2) is 24.3 Å². The first-order valence-electron chi connectivity index (χ1n) is 6.78. The lowest BCUT2D eigenvalue weighted by Crippen LogP contribution is -2.39. The van der Waals surface area contributed by atoms with E-state index in [0.717, 1.165) is 5.56 Å². The number of benzene rings is 1. The van der Waals surface area contributed by atoms with Crippen molar-refractivity contribution < 1.29 is 14.7 Å². The van der Waals surface area contributed by atoms with Gasteiger partial charge in [0.2, 0.25) is 5.91 Å². The van der Waals surface area contributed by atoms with Crippen molar-refractivity contribution in [3.63, 3.8) is 0 Å². The molecule has 0 heterocycles. The highest BCUT2D eigenvalue weighted by molar-refractivity contribution is 5.84. The monoisotopic (exact) mass is 288 g/mol. The molecule has 0 saturated heterocycles. The number of carbonyl (C=O) groups is 2. The molecule has 21 heavy (non-hydrogen) atoms. The Morgan fingerprint density at radius 1 is 1.33 bits per heavy atom. The lowest BCUT2D eigenvalue weighted by molar-refractivity contribution is -0.153. The molecular weight excluding hydrogens is 268 g/mol. The van der Waals surface area contributed by atoms with E-state index < -0.39 is 11.4 Å². The van der Waals surface area contributed by atoms with Crippen LogP contribution in [0.4, 0.5) is 0 Å². The van der Waals surface area contributed by atoms with Crippen molar-refractivity contribution in [3.8, 4) is 6.07 Å². The van der Waals surface area contributed by atoms with E-state index in [1.165, 1.54) is 0 Å². The van der Waals surface area contributed by atoms with Gasteiger partial charge in [-0.3, -0.25) is 9.59 Å².